The Labute approximate surface area is 297 Å². The SMILES string of the molecule is [2H]C1([2H])Oc2ccccc2-c2c(-c3ccc(-c4nc(-c5cccc(-c6ccccc6)c5)nc(-c5cccc6c5oc5ccccc56)n4)cc3)cccc21. The molecule has 0 unspecified atom stereocenters. The third-order valence-corrected chi connectivity index (χ3v) is 9.45. The van der Waals surface area contributed by atoms with Gasteiger partial charge in [0.25, 0.3) is 0 Å². The van der Waals surface area contributed by atoms with E-state index in [-0.39, 0.29) is 0 Å². The zero-order valence-corrected chi connectivity index (χ0v) is 27.2. The van der Waals surface area contributed by atoms with Gasteiger partial charge in [-0.1, -0.05) is 140 Å². The molecule has 0 N–H and O–H groups in total. The highest BCUT2D eigenvalue weighted by molar-refractivity contribution is 6.09. The lowest BCUT2D eigenvalue weighted by Gasteiger charge is -2.23. The minimum Gasteiger partial charge on any atom is -0.488 e. The normalized spacial score (nSPS) is 13.6. The van der Waals surface area contributed by atoms with Gasteiger partial charge in [0.1, 0.15) is 23.5 Å². The van der Waals surface area contributed by atoms with Crippen molar-refractivity contribution in [3.63, 3.8) is 0 Å². The van der Waals surface area contributed by atoms with Gasteiger partial charge in [0, 0.05) is 27.5 Å². The number of para-hydroxylation sites is 3. The molecule has 0 saturated heterocycles. The van der Waals surface area contributed by atoms with Crippen molar-refractivity contribution in [2.24, 2.45) is 0 Å². The Morgan fingerprint density at radius 1 is 0.451 bits per heavy atom. The van der Waals surface area contributed by atoms with Crippen molar-refractivity contribution < 1.29 is 11.9 Å². The summed E-state index contributed by atoms with van der Waals surface area (Å²) in [6.45, 7) is -1.96. The van der Waals surface area contributed by atoms with Gasteiger partial charge in [-0.3, -0.25) is 0 Å². The number of rotatable bonds is 5. The molecular weight excluding hydrogens is 627 g/mol. The molecule has 0 bridgehead atoms. The molecule has 240 valence electrons. The number of benzene rings is 7. The highest BCUT2D eigenvalue weighted by atomic mass is 16.5. The predicted molar refractivity (Wildman–Crippen MR) is 204 cm³/mol. The van der Waals surface area contributed by atoms with Crippen LogP contribution in [-0.4, -0.2) is 15.0 Å². The molecule has 0 atom stereocenters. The van der Waals surface area contributed by atoms with E-state index in [0.717, 1.165) is 72.0 Å². The maximum atomic E-state index is 8.69. The first-order valence-electron chi connectivity index (χ1n) is 17.9. The fourth-order valence-corrected chi connectivity index (χ4v) is 6.99. The van der Waals surface area contributed by atoms with Crippen molar-refractivity contribution in [3.05, 3.63) is 169 Å². The quantitative estimate of drug-likeness (QED) is 0.184. The Morgan fingerprint density at radius 2 is 1.08 bits per heavy atom. The number of fused-ring (bicyclic) bond motifs is 6. The van der Waals surface area contributed by atoms with Gasteiger partial charge in [0.2, 0.25) is 0 Å². The van der Waals surface area contributed by atoms with E-state index in [1.54, 1.807) is 6.07 Å². The molecular formula is C46H29N3O2. The van der Waals surface area contributed by atoms with E-state index in [1.807, 2.05) is 121 Å². The van der Waals surface area contributed by atoms with E-state index in [2.05, 4.69) is 36.4 Å². The zero-order chi connectivity index (χ0) is 35.5. The van der Waals surface area contributed by atoms with Crippen LogP contribution in [0.1, 0.15) is 8.30 Å². The third-order valence-electron chi connectivity index (χ3n) is 9.45. The average Bonchev–Trinajstić information content (AvgIpc) is 3.60. The predicted octanol–water partition coefficient (Wildman–Crippen LogP) is 11.7. The first kappa shape index (κ1) is 27.0. The molecule has 0 aliphatic carbocycles. The number of hydrogen-bond acceptors (Lipinski definition) is 5. The van der Waals surface area contributed by atoms with E-state index in [0.29, 0.717) is 28.8 Å². The summed E-state index contributed by atoms with van der Waals surface area (Å²) < 4.78 is 29.6. The fraction of sp³-hybridized carbons (Fsp3) is 0.0217. The molecule has 10 rings (SSSR count). The molecule has 9 aromatic rings. The standard InChI is InChI=1S/C46H29N3O2/c1-2-11-29(12-3-1)32-13-8-14-33(27-32)45-47-44(48-46(49-45)39-20-10-19-37-36-16-4-7-22-41(36)51-43(37)39)31-25-23-30(24-26-31)35-18-9-15-34-28-50-40-21-6-5-17-38(40)42(34)35/h1-27H,28H2/i28D2. The van der Waals surface area contributed by atoms with Crippen LogP contribution in [-0.2, 0) is 6.56 Å². The van der Waals surface area contributed by atoms with Crippen LogP contribution in [0, 0.1) is 0 Å². The second kappa shape index (κ2) is 11.9. The molecule has 0 fully saturated rings. The van der Waals surface area contributed by atoms with Crippen LogP contribution < -0.4 is 4.74 Å². The van der Waals surface area contributed by atoms with E-state index >= 15 is 0 Å². The lowest BCUT2D eigenvalue weighted by atomic mass is 9.89. The Bertz CT molecular complexity index is 2850. The molecule has 2 aromatic heterocycles. The molecule has 0 amide bonds. The summed E-state index contributed by atoms with van der Waals surface area (Å²) in [6.07, 6.45) is 0. The summed E-state index contributed by atoms with van der Waals surface area (Å²) in [5.41, 5.74) is 10.2. The smallest absolute Gasteiger partial charge is 0.167 e. The van der Waals surface area contributed by atoms with Gasteiger partial charge >= 0.3 is 0 Å². The van der Waals surface area contributed by atoms with Crippen LogP contribution in [0.15, 0.2) is 168 Å². The molecule has 3 heterocycles. The molecule has 5 heteroatoms. The highest BCUT2D eigenvalue weighted by Crippen LogP contribution is 2.43. The van der Waals surface area contributed by atoms with E-state index in [4.69, 9.17) is 26.8 Å². The van der Waals surface area contributed by atoms with Gasteiger partial charge < -0.3 is 9.15 Å². The largest absolute Gasteiger partial charge is 0.488 e. The first-order valence-corrected chi connectivity index (χ1v) is 16.9. The van der Waals surface area contributed by atoms with E-state index in [9.17, 15) is 0 Å². The minimum atomic E-state index is -1.96. The van der Waals surface area contributed by atoms with Crippen LogP contribution in [0.3, 0.4) is 0 Å². The molecule has 5 nitrogen and oxygen atoms in total. The van der Waals surface area contributed by atoms with Crippen molar-refractivity contribution in [2.75, 3.05) is 0 Å². The molecule has 51 heavy (non-hydrogen) atoms. The van der Waals surface area contributed by atoms with Gasteiger partial charge in [0.05, 0.1) is 8.30 Å². The Kier molecular flexibility index (Phi) is 6.32. The highest BCUT2D eigenvalue weighted by Gasteiger charge is 2.21. The van der Waals surface area contributed by atoms with Gasteiger partial charge in [0.15, 0.2) is 17.5 Å². The monoisotopic (exact) mass is 657 g/mol. The van der Waals surface area contributed by atoms with Crippen molar-refractivity contribution in [1.29, 1.82) is 0 Å². The van der Waals surface area contributed by atoms with E-state index in [1.165, 1.54) is 0 Å². The summed E-state index contributed by atoms with van der Waals surface area (Å²) in [5, 5.41) is 2.04. The number of hydrogen-bond donors (Lipinski definition) is 0. The average molecular weight is 658 g/mol. The summed E-state index contributed by atoms with van der Waals surface area (Å²) in [6, 6.07) is 54.0. The van der Waals surface area contributed by atoms with Gasteiger partial charge in [-0.25, -0.2) is 15.0 Å². The Hall–Kier alpha value is -6.85. The van der Waals surface area contributed by atoms with Gasteiger partial charge in [-0.05, 0) is 57.6 Å². The zero-order valence-electron chi connectivity index (χ0n) is 29.2. The van der Waals surface area contributed by atoms with Crippen molar-refractivity contribution in [2.45, 2.75) is 6.56 Å². The molecule has 0 saturated carbocycles. The lowest BCUT2D eigenvalue weighted by molar-refractivity contribution is 0.302. The van der Waals surface area contributed by atoms with Crippen LogP contribution >= 0.6 is 0 Å². The molecule has 1 aliphatic rings. The summed E-state index contributed by atoms with van der Waals surface area (Å²) in [5.74, 6) is 2.12. The Balaban J connectivity index is 1.13. The second-order valence-corrected chi connectivity index (χ2v) is 12.5. The maximum absolute atomic E-state index is 8.69. The first-order chi connectivity index (χ1) is 26.0. The van der Waals surface area contributed by atoms with Crippen LogP contribution in [0.25, 0.3) is 89.5 Å². The summed E-state index contributed by atoms with van der Waals surface area (Å²) in [7, 11) is 0. The van der Waals surface area contributed by atoms with Crippen molar-refractivity contribution in [1.82, 2.24) is 15.0 Å². The minimum absolute atomic E-state index is 0.502. The molecule has 0 spiro atoms. The van der Waals surface area contributed by atoms with Crippen LogP contribution in [0.5, 0.6) is 5.75 Å². The summed E-state index contributed by atoms with van der Waals surface area (Å²) in [4.78, 5) is 15.2. The number of aromatic nitrogens is 3. The number of ether oxygens (including phenoxy) is 1. The van der Waals surface area contributed by atoms with Crippen LogP contribution in [0.2, 0.25) is 0 Å². The van der Waals surface area contributed by atoms with Gasteiger partial charge in [-0.15, -0.1) is 0 Å². The lowest BCUT2D eigenvalue weighted by Crippen LogP contribution is -2.06. The van der Waals surface area contributed by atoms with Crippen molar-refractivity contribution in [3.8, 4) is 73.3 Å². The second-order valence-electron chi connectivity index (χ2n) is 12.5. The molecule has 7 aromatic carbocycles. The topological polar surface area (TPSA) is 61.0 Å². The van der Waals surface area contributed by atoms with Crippen LogP contribution in [0.4, 0.5) is 0 Å². The third kappa shape index (κ3) is 5.06. The molecule has 1 aliphatic heterocycles. The Morgan fingerprint density at radius 3 is 1.98 bits per heavy atom. The number of nitrogens with zero attached hydrogens (tertiary/aromatic N) is 3. The van der Waals surface area contributed by atoms with E-state index < -0.39 is 6.56 Å². The van der Waals surface area contributed by atoms with Crippen molar-refractivity contribution >= 4 is 21.9 Å². The number of furan rings is 1. The fourth-order valence-electron chi connectivity index (χ4n) is 6.99. The molecule has 0 radical (unpaired) electrons. The summed E-state index contributed by atoms with van der Waals surface area (Å²) >= 11 is 0. The van der Waals surface area contributed by atoms with Gasteiger partial charge in [-0.2, -0.15) is 0 Å². The maximum Gasteiger partial charge on any atom is 0.167 e.